The van der Waals surface area contributed by atoms with Crippen LogP contribution in [-0.2, 0) is 9.53 Å². The predicted molar refractivity (Wildman–Crippen MR) is 139 cm³/mol. The number of hydrogen-bond acceptors (Lipinski definition) is 7. The Balaban J connectivity index is 2.00. The minimum atomic E-state index is -0.801. The molecule has 0 amide bonds. The van der Waals surface area contributed by atoms with Crippen molar-refractivity contribution in [3.05, 3.63) is 87.1 Å². The molecule has 176 valence electrons. The molecular formula is C24H20ClIN2O5S. The summed E-state index contributed by atoms with van der Waals surface area (Å²) < 4.78 is 13.2. The van der Waals surface area contributed by atoms with Crippen molar-refractivity contribution in [2.75, 3.05) is 13.7 Å². The zero-order chi connectivity index (χ0) is 24.6. The lowest BCUT2D eigenvalue weighted by Crippen LogP contribution is -2.40. The summed E-state index contributed by atoms with van der Waals surface area (Å²) in [5.41, 5.74) is 1.38. The van der Waals surface area contributed by atoms with Crippen molar-refractivity contribution in [1.82, 2.24) is 4.57 Å². The van der Waals surface area contributed by atoms with Crippen LogP contribution in [0.15, 0.2) is 57.5 Å². The molecule has 0 fully saturated rings. The van der Waals surface area contributed by atoms with Gasteiger partial charge in [-0.05, 0) is 66.3 Å². The van der Waals surface area contributed by atoms with Crippen molar-refractivity contribution in [2.45, 2.75) is 19.9 Å². The van der Waals surface area contributed by atoms with E-state index >= 15 is 0 Å². The van der Waals surface area contributed by atoms with Gasteiger partial charge in [0.05, 0.1) is 29.5 Å². The first-order chi connectivity index (χ1) is 16.3. The van der Waals surface area contributed by atoms with Crippen molar-refractivity contribution in [2.24, 2.45) is 4.99 Å². The van der Waals surface area contributed by atoms with E-state index in [0.29, 0.717) is 36.9 Å². The van der Waals surface area contributed by atoms with Gasteiger partial charge in [-0.2, -0.15) is 0 Å². The van der Waals surface area contributed by atoms with Gasteiger partial charge in [0.25, 0.3) is 5.56 Å². The predicted octanol–water partition coefficient (Wildman–Crippen LogP) is 3.77. The number of hydrogen-bond donors (Lipinski definition) is 1. The molecule has 0 unspecified atom stereocenters. The van der Waals surface area contributed by atoms with E-state index in [9.17, 15) is 14.7 Å². The Morgan fingerprint density at radius 2 is 2.09 bits per heavy atom. The summed E-state index contributed by atoms with van der Waals surface area (Å²) in [6.45, 7) is 3.61. The average molecular weight is 611 g/mol. The van der Waals surface area contributed by atoms with Gasteiger partial charge < -0.3 is 14.6 Å². The van der Waals surface area contributed by atoms with Gasteiger partial charge in [0, 0.05) is 14.2 Å². The monoisotopic (exact) mass is 610 g/mol. The van der Waals surface area contributed by atoms with E-state index in [1.165, 1.54) is 11.7 Å². The molecule has 7 nitrogen and oxygen atoms in total. The van der Waals surface area contributed by atoms with Crippen molar-refractivity contribution in [3.63, 3.8) is 0 Å². The molecule has 10 heteroatoms. The van der Waals surface area contributed by atoms with Crippen molar-refractivity contribution in [1.29, 1.82) is 0 Å². The van der Waals surface area contributed by atoms with Gasteiger partial charge in [-0.15, -0.1) is 0 Å². The number of benzene rings is 2. The maximum Gasteiger partial charge on any atom is 0.338 e. The number of ether oxygens (including phenoxy) is 2. The fraction of sp³-hybridized carbons (Fsp3) is 0.208. The number of rotatable bonds is 5. The molecule has 4 rings (SSSR count). The first kappa shape index (κ1) is 24.5. The number of aromatic nitrogens is 1. The summed E-state index contributed by atoms with van der Waals surface area (Å²) in [4.78, 5) is 31.5. The van der Waals surface area contributed by atoms with Crippen LogP contribution >= 0.6 is 45.5 Å². The lowest BCUT2D eigenvalue weighted by molar-refractivity contribution is -0.139. The molecule has 34 heavy (non-hydrogen) atoms. The molecule has 1 aliphatic rings. The highest BCUT2D eigenvalue weighted by molar-refractivity contribution is 14.1. The Morgan fingerprint density at radius 3 is 2.76 bits per heavy atom. The molecule has 1 aromatic heterocycles. The number of fused-ring (bicyclic) bond motifs is 1. The molecule has 2 heterocycles. The normalized spacial score (nSPS) is 15.7. The maximum atomic E-state index is 13.6. The van der Waals surface area contributed by atoms with Gasteiger partial charge in [0.1, 0.15) is 6.04 Å². The van der Waals surface area contributed by atoms with Gasteiger partial charge >= 0.3 is 5.97 Å². The average Bonchev–Trinajstić information content (AvgIpc) is 3.10. The van der Waals surface area contributed by atoms with Crippen LogP contribution < -0.4 is 19.6 Å². The zero-order valence-electron chi connectivity index (χ0n) is 18.5. The molecule has 0 saturated heterocycles. The highest BCUT2D eigenvalue weighted by atomic mass is 127. The summed E-state index contributed by atoms with van der Waals surface area (Å²) in [6.07, 6.45) is 1.59. The Labute approximate surface area is 217 Å². The molecule has 1 aliphatic heterocycles. The SMILES string of the molecule is CCOC(=O)C1=C(C)N=c2s/c(=C\c3cc(I)cc(OC)c3O)c(=O)n2[C@@H]1c1ccccc1Cl. The molecule has 3 aromatic rings. The summed E-state index contributed by atoms with van der Waals surface area (Å²) in [6, 6.07) is 9.71. The second-order valence-corrected chi connectivity index (χ2v) is 10.0. The van der Waals surface area contributed by atoms with E-state index in [2.05, 4.69) is 27.6 Å². The fourth-order valence-electron chi connectivity index (χ4n) is 3.78. The van der Waals surface area contributed by atoms with E-state index in [0.717, 1.165) is 14.9 Å². The molecule has 0 aliphatic carbocycles. The lowest BCUT2D eigenvalue weighted by Gasteiger charge is -2.25. The number of esters is 1. The van der Waals surface area contributed by atoms with E-state index in [4.69, 9.17) is 21.1 Å². The molecule has 2 aromatic carbocycles. The number of halogens is 2. The number of allylic oxidation sites excluding steroid dienone is 1. The standard InChI is InChI=1S/C24H20ClIN2O5S/c1-4-33-23(31)19-12(2)27-24-28(20(19)15-7-5-6-8-16(15)25)22(30)18(34-24)10-13-9-14(26)11-17(32-3)21(13)29/h5-11,20,29H,4H2,1-3H3/b18-10-/t20-/m1/s1. The summed E-state index contributed by atoms with van der Waals surface area (Å²) in [7, 11) is 1.46. The van der Waals surface area contributed by atoms with Crippen LogP contribution in [-0.4, -0.2) is 29.4 Å². The minimum Gasteiger partial charge on any atom is -0.504 e. The Morgan fingerprint density at radius 1 is 1.35 bits per heavy atom. The summed E-state index contributed by atoms with van der Waals surface area (Å²) in [5, 5.41) is 11.0. The second kappa shape index (κ2) is 9.93. The van der Waals surface area contributed by atoms with Crippen LogP contribution in [0.1, 0.15) is 31.0 Å². The Hall–Kier alpha value is -2.63. The van der Waals surface area contributed by atoms with Gasteiger partial charge in [0.15, 0.2) is 16.3 Å². The molecule has 1 atom stereocenters. The van der Waals surface area contributed by atoms with Gasteiger partial charge in [0.2, 0.25) is 0 Å². The van der Waals surface area contributed by atoms with Crippen LogP contribution in [0.5, 0.6) is 11.5 Å². The van der Waals surface area contributed by atoms with E-state index in [1.807, 2.05) is 0 Å². The highest BCUT2D eigenvalue weighted by Crippen LogP contribution is 2.35. The molecular weight excluding hydrogens is 591 g/mol. The van der Waals surface area contributed by atoms with E-state index in [-0.39, 0.29) is 23.5 Å². The number of carbonyl (C=O) groups excluding carboxylic acids is 1. The number of phenolic OH excluding ortho intramolecular Hbond substituents is 1. The summed E-state index contributed by atoms with van der Waals surface area (Å²) >= 11 is 9.78. The Kier molecular flexibility index (Phi) is 7.15. The third kappa shape index (κ3) is 4.39. The number of carbonyl (C=O) groups is 1. The van der Waals surface area contributed by atoms with Crippen molar-refractivity contribution in [3.8, 4) is 11.5 Å². The second-order valence-electron chi connectivity index (χ2n) is 7.37. The highest BCUT2D eigenvalue weighted by Gasteiger charge is 2.34. The van der Waals surface area contributed by atoms with Crippen LogP contribution in [0.4, 0.5) is 0 Å². The maximum absolute atomic E-state index is 13.6. The van der Waals surface area contributed by atoms with E-state index in [1.54, 1.807) is 56.3 Å². The Bertz CT molecular complexity index is 1510. The van der Waals surface area contributed by atoms with Crippen LogP contribution in [0.25, 0.3) is 6.08 Å². The van der Waals surface area contributed by atoms with Crippen molar-refractivity contribution >= 4 is 57.6 Å². The quantitative estimate of drug-likeness (QED) is 0.351. The largest absolute Gasteiger partial charge is 0.504 e. The van der Waals surface area contributed by atoms with Gasteiger partial charge in [-0.25, -0.2) is 9.79 Å². The number of nitrogens with zero attached hydrogens (tertiary/aromatic N) is 2. The van der Waals surface area contributed by atoms with Crippen LogP contribution in [0.3, 0.4) is 0 Å². The van der Waals surface area contributed by atoms with Gasteiger partial charge in [-0.3, -0.25) is 9.36 Å². The molecule has 1 N–H and O–H groups in total. The van der Waals surface area contributed by atoms with Gasteiger partial charge in [-0.1, -0.05) is 41.1 Å². The third-order valence-electron chi connectivity index (χ3n) is 5.29. The number of methoxy groups -OCH3 is 1. The minimum absolute atomic E-state index is 0.0696. The third-order valence-corrected chi connectivity index (χ3v) is 7.24. The molecule has 0 saturated carbocycles. The van der Waals surface area contributed by atoms with Crippen LogP contribution in [0, 0.1) is 3.57 Å². The first-order valence-electron chi connectivity index (χ1n) is 10.3. The molecule has 0 spiro atoms. The molecule has 0 bridgehead atoms. The first-order valence-corrected chi connectivity index (χ1v) is 12.5. The zero-order valence-corrected chi connectivity index (χ0v) is 22.2. The fourth-order valence-corrected chi connectivity index (χ4v) is 5.68. The number of aromatic hydroxyl groups is 1. The van der Waals surface area contributed by atoms with Crippen LogP contribution in [0.2, 0.25) is 5.02 Å². The van der Waals surface area contributed by atoms with E-state index < -0.39 is 12.0 Å². The summed E-state index contributed by atoms with van der Waals surface area (Å²) in [5.74, 6) is -0.317. The number of phenols is 1. The number of thiazole rings is 1. The van der Waals surface area contributed by atoms with Crippen molar-refractivity contribution < 1.29 is 19.4 Å². The molecule has 0 radical (unpaired) electrons. The topological polar surface area (TPSA) is 90.1 Å². The smallest absolute Gasteiger partial charge is 0.338 e. The lowest BCUT2D eigenvalue weighted by atomic mass is 9.96.